The minimum atomic E-state index is -1.57. The van der Waals surface area contributed by atoms with Crippen molar-refractivity contribution in [3.8, 4) is 0 Å². The maximum absolute atomic E-state index is 13.1. The fraction of sp³-hybridized carbons (Fsp3) is 0.887. The van der Waals surface area contributed by atoms with Crippen molar-refractivity contribution in [3.05, 3.63) is 36.5 Å². The van der Waals surface area contributed by atoms with E-state index >= 15 is 0 Å². The summed E-state index contributed by atoms with van der Waals surface area (Å²) in [7, 11) is 0. The quantitative estimate of drug-likeness (QED) is 0.0261. The summed E-state index contributed by atoms with van der Waals surface area (Å²) in [5, 5.41) is 54.5. The van der Waals surface area contributed by atoms with Crippen molar-refractivity contribution >= 4 is 5.91 Å². The average Bonchev–Trinajstić information content (AvgIpc) is 3.37. The van der Waals surface area contributed by atoms with E-state index in [-0.39, 0.29) is 12.5 Å². The Morgan fingerprint density at radius 3 is 1.18 bits per heavy atom. The molecule has 1 fully saturated rings. The third-order valence-corrected chi connectivity index (χ3v) is 14.7. The lowest BCUT2D eigenvalue weighted by molar-refractivity contribution is -0.302. The maximum atomic E-state index is 13.1. The number of ether oxygens (including phenoxy) is 2. The van der Waals surface area contributed by atoms with Crippen LogP contribution >= 0.6 is 0 Å². The Kier molecular flexibility index (Phi) is 49.3. The van der Waals surface area contributed by atoms with Gasteiger partial charge in [0.1, 0.15) is 24.4 Å². The molecule has 9 heteroatoms. The molecule has 418 valence electrons. The number of carbonyl (C=O) groups excluding carboxylic acids is 1. The number of allylic oxidation sites excluding steroid dienone is 5. The average molecular weight is 1000 g/mol. The van der Waals surface area contributed by atoms with Crippen molar-refractivity contribution in [1.82, 2.24) is 5.32 Å². The van der Waals surface area contributed by atoms with E-state index in [0.29, 0.717) is 6.42 Å². The Bertz CT molecular complexity index is 1210. The summed E-state index contributed by atoms with van der Waals surface area (Å²) in [4.78, 5) is 13.1. The van der Waals surface area contributed by atoms with Gasteiger partial charge in [-0.15, -0.1) is 0 Å². The predicted molar refractivity (Wildman–Crippen MR) is 300 cm³/mol. The Balaban J connectivity index is 2.22. The molecule has 71 heavy (non-hydrogen) atoms. The monoisotopic (exact) mass is 1000 g/mol. The van der Waals surface area contributed by atoms with Crippen LogP contribution < -0.4 is 5.32 Å². The van der Waals surface area contributed by atoms with Gasteiger partial charge in [-0.05, 0) is 44.9 Å². The van der Waals surface area contributed by atoms with E-state index in [1.165, 1.54) is 231 Å². The molecule has 1 saturated heterocycles. The molecule has 6 N–H and O–H groups in total. The van der Waals surface area contributed by atoms with Gasteiger partial charge in [0.2, 0.25) is 5.91 Å². The first-order chi connectivity index (χ1) is 34.8. The number of carbonyl (C=O) groups is 1. The fourth-order valence-corrected chi connectivity index (χ4v) is 9.84. The molecule has 0 spiro atoms. The smallest absolute Gasteiger partial charge is 0.220 e. The van der Waals surface area contributed by atoms with Crippen molar-refractivity contribution < 1.29 is 39.8 Å². The lowest BCUT2D eigenvalue weighted by atomic mass is 9.99. The van der Waals surface area contributed by atoms with Crippen LogP contribution in [0.2, 0.25) is 0 Å². The van der Waals surface area contributed by atoms with E-state index in [0.717, 1.165) is 44.9 Å². The van der Waals surface area contributed by atoms with Crippen LogP contribution in [0.5, 0.6) is 0 Å². The fourth-order valence-electron chi connectivity index (χ4n) is 9.84. The molecule has 1 rings (SSSR count). The Labute approximate surface area is 438 Å². The number of hydrogen-bond acceptors (Lipinski definition) is 8. The van der Waals surface area contributed by atoms with Gasteiger partial charge in [0.15, 0.2) is 6.29 Å². The third-order valence-electron chi connectivity index (χ3n) is 14.7. The largest absolute Gasteiger partial charge is 0.394 e. The molecule has 1 aliphatic rings. The van der Waals surface area contributed by atoms with Gasteiger partial charge in [0.25, 0.3) is 0 Å². The Morgan fingerprint density at radius 2 is 0.803 bits per heavy atom. The van der Waals surface area contributed by atoms with E-state index in [2.05, 4.69) is 43.5 Å². The number of amides is 1. The van der Waals surface area contributed by atoms with Crippen LogP contribution in [0.25, 0.3) is 0 Å². The summed E-state index contributed by atoms with van der Waals surface area (Å²) in [6, 6.07) is -0.826. The number of aliphatic hydroxyl groups is 5. The minimum Gasteiger partial charge on any atom is -0.394 e. The van der Waals surface area contributed by atoms with Gasteiger partial charge in [-0.1, -0.05) is 281 Å². The summed E-state index contributed by atoms with van der Waals surface area (Å²) in [5.74, 6) is -0.186. The molecule has 0 aromatic carbocycles. The number of unbranched alkanes of at least 4 members (excludes halogenated alkanes) is 39. The lowest BCUT2D eigenvalue weighted by Crippen LogP contribution is -2.60. The number of aliphatic hydroxyl groups excluding tert-OH is 5. The number of rotatable bonds is 53. The van der Waals surface area contributed by atoms with Gasteiger partial charge in [0, 0.05) is 6.42 Å². The zero-order valence-corrected chi connectivity index (χ0v) is 46.5. The Hall–Kier alpha value is -1.59. The molecule has 0 radical (unpaired) electrons. The van der Waals surface area contributed by atoms with Crippen molar-refractivity contribution in [2.24, 2.45) is 0 Å². The molecule has 1 amide bonds. The molecule has 0 aromatic heterocycles. The van der Waals surface area contributed by atoms with E-state index in [4.69, 9.17) is 9.47 Å². The first-order valence-corrected chi connectivity index (χ1v) is 30.7. The molecule has 1 aliphatic heterocycles. The van der Waals surface area contributed by atoms with E-state index < -0.39 is 49.5 Å². The van der Waals surface area contributed by atoms with E-state index in [1.54, 1.807) is 6.08 Å². The summed E-state index contributed by atoms with van der Waals surface area (Å²) in [5.41, 5.74) is 0. The van der Waals surface area contributed by atoms with Crippen LogP contribution in [0.1, 0.15) is 296 Å². The standard InChI is InChI=1S/C62H117NO8/c1-3-5-7-9-11-13-15-17-19-21-23-24-25-26-27-28-29-30-31-32-34-35-37-39-41-43-45-47-49-51-56(65)55(54-70-62-61(69)60(68)59(67)57(53-64)71-62)63-58(66)52-50-48-46-44-42-40-38-36-33-22-20-18-16-14-12-10-8-6-4-2/h34-35,41,43,49,51,55-57,59-62,64-65,67-69H,3-33,36-40,42,44-48,50,52-54H2,1-2H3,(H,63,66)/b35-34+,43-41+,51-49+. The first kappa shape index (κ1) is 67.4. The molecule has 7 unspecified atom stereocenters. The highest BCUT2D eigenvalue weighted by Gasteiger charge is 2.44. The van der Waals surface area contributed by atoms with Gasteiger partial charge < -0.3 is 40.3 Å². The van der Waals surface area contributed by atoms with Gasteiger partial charge in [-0.25, -0.2) is 0 Å². The number of nitrogens with one attached hydrogen (secondary N) is 1. The van der Waals surface area contributed by atoms with Crippen LogP contribution in [0.4, 0.5) is 0 Å². The third kappa shape index (κ3) is 41.4. The molecule has 0 saturated carbocycles. The summed E-state index contributed by atoms with van der Waals surface area (Å²) < 4.78 is 11.3. The zero-order valence-electron chi connectivity index (χ0n) is 46.5. The number of hydrogen-bond donors (Lipinski definition) is 6. The van der Waals surface area contributed by atoms with Crippen molar-refractivity contribution in [2.75, 3.05) is 13.2 Å². The van der Waals surface area contributed by atoms with Crippen LogP contribution in [-0.4, -0.2) is 87.5 Å². The van der Waals surface area contributed by atoms with Gasteiger partial charge in [0.05, 0.1) is 25.4 Å². The van der Waals surface area contributed by atoms with Crippen molar-refractivity contribution in [1.29, 1.82) is 0 Å². The van der Waals surface area contributed by atoms with Crippen LogP contribution in [-0.2, 0) is 14.3 Å². The van der Waals surface area contributed by atoms with Crippen molar-refractivity contribution in [2.45, 2.75) is 339 Å². The van der Waals surface area contributed by atoms with Crippen LogP contribution in [0, 0.1) is 0 Å². The lowest BCUT2D eigenvalue weighted by Gasteiger charge is -2.40. The van der Waals surface area contributed by atoms with E-state index in [9.17, 15) is 30.3 Å². The van der Waals surface area contributed by atoms with Crippen molar-refractivity contribution in [3.63, 3.8) is 0 Å². The van der Waals surface area contributed by atoms with E-state index in [1.807, 2.05) is 6.08 Å². The SMILES string of the molecule is CCCCCCCCCCCCCCCCCCCCC/C=C/CC/C=C/CC/C=C/C(O)C(COC1OC(CO)C(O)C(O)C1O)NC(=O)CCCCCCCCCCCCCCCCCCCCC. The topological polar surface area (TPSA) is 149 Å². The molecule has 7 atom stereocenters. The molecule has 0 aromatic rings. The summed E-state index contributed by atoms with van der Waals surface area (Å²) in [6.45, 7) is 3.80. The summed E-state index contributed by atoms with van der Waals surface area (Å²) in [6.07, 6.45) is 60.9. The molecule has 1 heterocycles. The van der Waals surface area contributed by atoms with Gasteiger partial charge in [-0.2, -0.15) is 0 Å². The van der Waals surface area contributed by atoms with Crippen LogP contribution in [0.15, 0.2) is 36.5 Å². The zero-order chi connectivity index (χ0) is 51.5. The first-order valence-electron chi connectivity index (χ1n) is 30.7. The predicted octanol–water partition coefficient (Wildman–Crippen LogP) is 15.5. The second-order valence-electron chi connectivity index (χ2n) is 21.5. The second-order valence-corrected chi connectivity index (χ2v) is 21.5. The minimum absolute atomic E-state index is 0.186. The van der Waals surface area contributed by atoms with Gasteiger partial charge >= 0.3 is 0 Å². The summed E-state index contributed by atoms with van der Waals surface area (Å²) >= 11 is 0. The highest BCUT2D eigenvalue weighted by molar-refractivity contribution is 5.76. The maximum Gasteiger partial charge on any atom is 0.220 e. The van der Waals surface area contributed by atoms with Gasteiger partial charge in [-0.3, -0.25) is 4.79 Å². The highest BCUT2D eigenvalue weighted by atomic mass is 16.7. The molecular weight excluding hydrogens is 887 g/mol. The highest BCUT2D eigenvalue weighted by Crippen LogP contribution is 2.23. The molecule has 9 nitrogen and oxygen atoms in total. The normalized spacial score (nSPS) is 19.5. The molecular formula is C62H117NO8. The molecule has 0 bridgehead atoms. The molecule has 0 aliphatic carbocycles. The Morgan fingerprint density at radius 1 is 0.465 bits per heavy atom. The van der Waals surface area contributed by atoms with Crippen LogP contribution in [0.3, 0.4) is 0 Å². The second kappa shape index (κ2) is 51.9.